The number of benzene rings is 2. The number of ether oxygens (including phenoxy) is 2. The monoisotopic (exact) mass is 307 g/mol. The van der Waals surface area contributed by atoms with E-state index in [0.717, 1.165) is 5.56 Å². The third-order valence-corrected chi connectivity index (χ3v) is 3.20. The summed E-state index contributed by atoms with van der Waals surface area (Å²) in [5, 5.41) is 9.30. The van der Waals surface area contributed by atoms with Crippen LogP contribution in [0.3, 0.4) is 0 Å². The lowest BCUT2D eigenvalue weighted by Gasteiger charge is -2.04. The van der Waals surface area contributed by atoms with Crippen molar-refractivity contribution >= 4 is 11.9 Å². The molecule has 0 heterocycles. The van der Waals surface area contributed by atoms with Crippen molar-refractivity contribution in [2.24, 2.45) is 0 Å². The number of hydrogen-bond acceptors (Lipinski definition) is 4. The number of Topliss-reactive ketones (excluding diaryl/α,β-unsaturated/α-hetero) is 1. The molecule has 0 amide bonds. The van der Waals surface area contributed by atoms with Crippen molar-refractivity contribution in [2.45, 2.75) is 6.92 Å². The molecule has 0 spiro atoms. The summed E-state index contributed by atoms with van der Waals surface area (Å²) in [5.41, 5.74) is 1.26. The van der Waals surface area contributed by atoms with Crippen LogP contribution < -0.4 is 9.47 Å². The molecule has 0 bridgehead atoms. The molecule has 0 aromatic heterocycles. The topological polar surface area (TPSA) is 59.3 Å². The Morgan fingerprint density at radius 1 is 1.17 bits per heavy atom. The van der Waals surface area contributed by atoms with Gasteiger partial charge in [-0.05, 0) is 55.0 Å². The van der Waals surface area contributed by atoms with E-state index in [9.17, 15) is 10.1 Å². The van der Waals surface area contributed by atoms with Crippen molar-refractivity contribution < 1.29 is 14.3 Å². The van der Waals surface area contributed by atoms with Crippen molar-refractivity contribution in [3.05, 3.63) is 65.2 Å². The third kappa shape index (κ3) is 4.21. The standard InChI is InChI=1S/C19H17NO3/c1-3-23-18-6-4-5-14(12-18)11-16(13-20)19(21)15-7-9-17(22-2)10-8-15/h4-12H,3H2,1-2H3/b16-11+. The van der Waals surface area contributed by atoms with Gasteiger partial charge in [-0.15, -0.1) is 0 Å². The molecule has 2 aromatic rings. The van der Waals surface area contributed by atoms with E-state index in [4.69, 9.17) is 9.47 Å². The van der Waals surface area contributed by atoms with Crippen LogP contribution in [0.2, 0.25) is 0 Å². The minimum atomic E-state index is -0.322. The molecule has 4 heteroatoms. The highest BCUT2D eigenvalue weighted by Gasteiger charge is 2.12. The Balaban J connectivity index is 2.28. The van der Waals surface area contributed by atoms with Crippen LogP contribution in [0, 0.1) is 11.3 Å². The summed E-state index contributed by atoms with van der Waals surface area (Å²) in [6, 6.07) is 15.9. The maximum atomic E-state index is 12.4. The Hall–Kier alpha value is -3.06. The van der Waals surface area contributed by atoms with E-state index in [2.05, 4.69) is 0 Å². The molecule has 0 saturated heterocycles. The van der Waals surface area contributed by atoms with E-state index < -0.39 is 0 Å². The van der Waals surface area contributed by atoms with Gasteiger partial charge in [-0.1, -0.05) is 12.1 Å². The van der Waals surface area contributed by atoms with Crippen LogP contribution in [0.25, 0.3) is 6.08 Å². The molecular formula is C19H17NO3. The number of ketones is 1. The van der Waals surface area contributed by atoms with Gasteiger partial charge in [0.15, 0.2) is 0 Å². The molecule has 0 saturated carbocycles. The molecule has 4 nitrogen and oxygen atoms in total. The Morgan fingerprint density at radius 3 is 2.52 bits per heavy atom. The van der Waals surface area contributed by atoms with Gasteiger partial charge in [0.1, 0.15) is 23.1 Å². The van der Waals surface area contributed by atoms with Gasteiger partial charge < -0.3 is 9.47 Å². The molecule has 116 valence electrons. The lowest BCUT2D eigenvalue weighted by Crippen LogP contribution is -2.02. The highest BCUT2D eigenvalue weighted by atomic mass is 16.5. The van der Waals surface area contributed by atoms with Crippen molar-refractivity contribution in [2.75, 3.05) is 13.7 Å². The maximum absolute atomic E-state index is 12.4. The summed E-state index contributed by atoms with van der Waals surface area (Å²) in [7, 11) is 1.56. The molecule has 0 atom stereocenters. The minimum Gasteiger partial charge on any atom is -0.497 e. The summed E-state index contributed by atoms with van der Waals surface area (Å²) in [6.45, 7) is 2.46. The van der Waals surface area contributed by atoms with E-state index in [-0.39, 0.29) is 11.4 Å². The normalized spacial score (nSPS) is 10.7. The van der Waals surface area contributed by atoms with Gasteiger partial charge >= 0.3 is 0 Å². The average molecular weight is 307 g/mol. The Kier molecular flexibility index (Phi) is 5.54. The van der Waals surface area contributed by atoms with Gasteiger partial charge in [0, 0.05) is 5.56 Å². The van der Waals surface area contributed by atoms with Crippen molar-refractivity contribution in [3.63, 3.8) is 0 Å². The van der Waals surface area contributed by atoms with Crippen molar-refractivity contribution in [1.29, 1.82) is 5.26 Å². The van der Waals surface area contributed by atoms with Crippen LogP contribution in [0.1, 0.15) is 22.8 Å². The van der Waals surface area contributed by atoms with Gasteiger partial charge in [-0.25, -0.2) is 0 Å². The van der Waals surface area contributed by atoms with Gasteiger partial charge in [0.05, 0.1) is 13.7 Å². The van der Waals surface area contributed by atoms with Crippen molar-refractivity contribution in [3.8, 4) is 17.6 Å². The maximum Gasteiger partial charge on any atom is 0.203 e. The van der Waals surface area contributed by atoms with Crippen LogP contribution in [-0.4, -0.2) is 19.5 Å². The van der Waals surface area contributed by atoms with E-state index in [1.807, 2.05) is 31.2 Å². The highest BCUT2D eigenvalue weighted by Crippen LogP contribution is 2.19. The number of hydrogen-bond donors (Lipinski definition) is 0. The number of nitriles is 1. The van der Waals surface area contributed by atoms with Crippen LogP contribution in [0.15, 0.2) is 54.1 Å². The minimum absolute atomic E-state index is 0.0730. The number of methoxy groups -OCH3 is 1. The largest absolute Gasteiger partial charge is 0.497 e. The number of carbonyl (C=O) groups is 1. The summed E-state index contributed by atoms with van der Waals surface area (Å²) in [6.07, 6.45) is 1.56. The van der Waals surface area contributed by atoms with Gasteiger partial charge in [-0.2, -0.15) is 5.26 Å². The summed E-state index contributed by atoms with van der Waals surface area (Å²) in [5.74, 6) is 1.04. The second kappa shape index (κ2) is 7.81. The fourth-order valence-electron chi connectivity index (χ4n) is 2.07. The van der Waals surface area contributed by atoms with Crippen LogP contribution in [-0.2, 0) is 0 Å². The lowest BCUT2D eigenvalue weighted by molar-refractivity contribution is 0.104. The summed E-state index contributed by atoms with van der Waals surface area (Å²) in [4.78, 5) is 12.4. The van der Waals surface area contributed by atoms with E-state index in [1.54, 1.807) is 43.5 Å². The first-order valence-electron chi connectivity index (χ1n) is 7.21. The molecule has 0 aliphatic heterocycles. The van der Waals surface area contributed by atoms with E-state index in [0.29, 0.717) is 23.7 Å². The van der Waals surface area contributed by atoms with Gasteiger partial charge in [0.2, 0.25) is 5.78 Å². The smallest absolute Gasteiger partial charge is 0.203 e. The predicted molar refractivity (Wildman–Crippen MR) is 88.5 cm³/mol. The fraction of sp³-hybridized carbons (Fsp3) is 0.158. The first-order chi connectivity index (χ1) is 11.2. The quantitative estimate of drug-likeness (QED) is 0.461. The molecule has 0 fully saturated rings. The first kappa shape index (κ1) is 16.3. The van der Waals surface area contributed by atoms with Gasteiger partial charge in [-0.3, -0.25) is 4.79 Å². The molecule has 0 unspecified atom stereocenters. The van der Waals surface area contributed by atoms with Crippen LogP contribution >= 0.6 is 0 Å². The van der Waals surface area contributed by atoms with Crippen LogP contribution in [0.5, 0.6) is 11.5 Å². The molecule has 23 heavy (non-hydrogen) atoms. The zero-order chi connectivity index (χ0) is 16.7. The predicted octanol–water partition coefficient (Wildman–Crippen LogP) is 3.88. The summed E-state index contributed by atoms with van der Waals surface area (Å²) >= 11 is 0. The SMILES string of the molecule is CCOc1cccc(/C=C(\C#N)C(=O)c2ccc(OC)cc2)c1. The molecule has 0 N–H and O–H groups in total. The Labute approximate surface area is 135 Å². The third-order valence-electron chi connectivity index (χ3n) is 3.20. The molecule has 0 aliphatic rings. The average Bonchev–Trinajstić information content (AvgIpc) is 2.60. The van der Waals surface area contributed by atoms with Crippen LogP contribution in [0.4, 0.5) is 0 Å². The second-order valence-electron chi connectivity index (χ2n) is 4.73. The number of nitrogens with zero attached hydrogens (tertiary/aromatic N) is 1. The molecule has 2 rings (SSSR count). The zero-order valence-electron chi connectivity index (χ0n) is 13.1. The number of rotatable bonds is 6. The zero-order valence-corrected chi connectivity index (χ0v) is 13.1. The molecule has 2 aromatic carbocycles. The van der Waals surface area contributed by atoms with Crippen molar-refractivity contribution in [1.82, 2.24) is 0 Å². The summed E-state index contributed by atoms with van der Waals surface area (Å²) < 4.78 is 10.5. The fourth-order valence-corrected chi connectivity index (χ4v) is 2.07. The van der Waals surface area contributed by atoms with E-state index in [1.165, 1.54) is 0 Å². The molecular weight excluding hydrogens is 290 g/mol. The Morgan fingerprint density at radius 2 is 1.91 bits per heavy atom. The number of carbonyl (C=O) groups excluding carboxylic acids is 1. The highest BCUT2D eigenvalue weighted by molar-refractivity contribution is 6.14. The number of allylic oxidation sites excluding steroid dienone is 1. The molecule has 0 aliphatic carbocycles. The van der Waals surface area contributed by atoms with Gasteiger partial charge in [0.25, 0.3) is 0 Å². The second-order valence-corrected chi connectivity index (χ2v) is 4.73. The van der Waals surface area contributed by atoms with E-state index >= 15 is 0 Å². The molecule has 0 radical (unpaired) electrons. The first-order valence-corrected chi connectivity index (χ1v) is 7.21. The lowest BCUT2D eigenvalue weighted by atomic mass is 10.0. The Bertz CT molecular complexity index is 755.